The van der Waals surface area contributed by atoms with E-state index in [-0.39, 0.29) is 30.7 Å². The van der Waals surface area contributed by atoms with Gasteiger partial charge in [-0.05, 0) is 80.0 Å². The summed E-state index contributed by atoms with van der Waals surface area (Å²) in [7, 11) is -3.88. The lowest BCUT2D eigenvalue weighted by molar-refractivity contribution is -0.113. The zero-order valence-corrected chi connectivity index (χ0v) is 29.5. The van der Waals surface area contributed by atoms with Crippen molar-refractivity contribution < 1.29 is 48.2 Å². The highest BCUT2D eigenvalue weighted by Gasteiger charge is 2.48. The van der Waals surface area contributed by atoms with E-state index in [1.54, 1.807) is 6.20 Å². The molecule has 0 bridgehead atoms. The van der Waals surface area contributed by atoms with Gasteiger partial charge in [0, 0.05) is 48.2 Å². The Morgan fingerprint density at radius 1 is 0.961 bits per heavy atom. The SMILES string of the molecule is O=C(NCCCCNS(=O)(=O)c1ccc(Cl)c(COC2(c3cnccc3-c3ccccc3OC3CC3)CC2)c1)NC[C@@H](O)[C@H](O)[C@@H](O)[C@@H](O)CO. The fraction of sp³-hybridized carbons (Fsp3) is 0.486. The predicted molar refractivity (Wildman–Crippen MR) is 187 cm³/mol. The summed E-state index contributed by atoms with van der Waals surface area (Å²) >= 11 is 6.50. The quantitative estimate of drug-likeness (QED) is 0.0781. The number of unbranched alkanes of at least 4 members (excludes halogenated alkanes) is 1. The molecule has 0 spiro atoms. The molecule has 51 heavy (non-hydrogen) atoms. The molecule has 14 nitrogen and oxygen atoms in total. The minimum atomic E-state index is -3.88. The number of rotatable bonds is 20. The van der Waals surface area contributed by atoms with Crippen molar-refractivity contribution in [1.29, 1.82) is 0 Å². The summed E-state index contributed by atoms with van der Waals surface area (Å²) in [6, 6.07) is 13.7. The van der Waals surface area contributed by atoms with Gasteiger partial charge in [-0.2, -0.15) is 0 Å². The van der Waals surface area contributed by atoms with Gasteiger partial charge >= 0.3 is 6.03 Å². The van der Waals surface area contributed by atoms with Crippen molar-refractivity contribution in [3.63, 3.8) is 0 Å². The summed E-state index contributed by atoms with van der Waals surface area (Å²) in [6.07, 6.45) is 1.46. The van der Waals surface area contributed by atoms with Gasteiger partial charge in [-0.15, -0.1) is 0 Å². The lowest BCUT2D eigenvalue weighted by atomic mass is 9.96. The van der Waals surface area contributed by atoms with E-state index < -0.39 is 59.2 Å². The Kier molecular flexibility index (Phi) is 13.3. The smallest absolute Gasteiger partial charge is 0.314 e. The van der Waals surface area contributed by atoms with Gasteiger partial charge in [-0.3, -0.25) is 4.98 Å². The number of benzene rings is 2. The van der Waals surface area contributed by atoms with E-state index in [4.69, 9.17) is 26.2 Å². The molecule has 16 heteroatoms. The van der Waals surface area contributed by atoms with Crippen LogP contribution in [-0.2, 0) is 27.0 Å². The molecule has 2 aliphatic rings. The van der Waals surface area contributed by atoms with Crippen molar-refractivity contribution in [2.24, 2.45) is 0 Å². The van der Waals surface area contributed by atoms with Gasteiger partial charge in [0.1, 0.15) is 24.1 Å². The van der Waals surface area contributed by atoms with Gasteiger partial charge < -0.3 is 45.6 Å². The largest absolute Gasteiger partial charge is 0.490 e. The number of carbonyl (C=O) groups is 1. The number of amides is 2. The van der Waals surface area contributed by atoms with Crippen LogP contribution in [0.4, 0.5) is 4.79 Å². The zero-order chi connectivity index (χ0) is 36.6. The van der Waals surface area contributed by atoms with Gasteiger partial charge in [0.05, 0.1) is 35.9 Å². The maximum Gasteiger partial charge on any atom is 0.314 e. The monoisotopic (exact) mass is 748 g/mol. The van der Waals surface area contributed by atoms with Crippen molar-refractivity contribution in [2.75, 3.05) is 26.2 Å². The van der Waals surface area contributed by atoms with E-state index in [2.05, 4.69) is 20.3 Å². The molecule has 278 valence electrons. The van der Waals surface area contributed by atoms with Crippen LogP contribution in [0.1, 0.15) is 49.7 Å². The molecule has 0 radical (unpaired) electrons. The standard InChI is InChI=1S/C35H45ClN4O10S/c36-28-10-9-24(51(47,48)40-15-4-3-14-38-34(46)39-19-29(42)32(44)33(45)30(43)20-41)17-22(28)21-49-35(12-13-35)27-18-37-16-11-25(27)26-5-1-2-6-31(26)50-23-7-8-23/h1-2,5-6,9-11,16-18,23,29-30,32-33,40-45H,3-4,7-8,12-15,19-21H2,(H2,38,39,46)/t29-,30+,32+,33+/m1/s1. The molecule has 0 saturated heterocycles. The number of ether oxygens (including phenoxy) is 2. The summed E-state index contributed by atoms with van der Waals surface area (Å²) in [5.41, 5.74) is 2.83. The number of hydrogen-bond acceptors (Lipinski definition) is 11. The third-order valence-electron chi connectivity index (χ3n) is 8.82. The van der Waals surface area contributed by atoms with Crippen LogP contribution >= 0.6 is 11.6 Å². The Morgan fingerprint density at radius 2 is 1.69 bits per heavy atom. The molecule has 2 amide bonds. The van der Waals surface area contributed by atoms with Crippen LogP contribution in [0, 0.1) is 0 Å². The molecule has 1 heterocycles. The van der Waals surface area contributed by atoms with E-state index in [0.29, 0.717) is 23.4 Å². The number of aromatic nitrogens is 1. The molecular weight excluding hydrogens is 704 g/mol. The molecule has 5 rings (SSSR count). The molecule has 2 fully saturated rings. The van der Waals surface area contributed by atoms with Gasteiger partial charge in [-0.1, -0.05) is 29.8 Å². The molecule has 8 N–H and O–H groups in total. The molecular formula is C35H45ClN4O10S. The van der Waals surface area contributed by atoms with Gasteiger partial charge in [-0.25, -0.2) is 17.9 Å². The number of sulfonamides is 1. The predicted octanol–water partition coefficient (Wildman–Crippen LogP) is 1.94. The fourth-order valence-electron chi connectivity index (χ4n) is 5.49. The Morgan fingerprint density at radius 3 is 2.41 bits per heavy atom. The number of aliphatic hydroxyl groups excluding tert-OH is 5. The average molecular weight is 749 g/mol. The van der Waals surface area contributed by atoms with E-state index in [1.807, 2.05) is 36.5 Å². The van der Waals surface area contributed by atoms with Crippen LogP contribution in [-0.4, -0.2) is 102 Å². The van der Waals surface area contributed by atoms with Crippen molar-refractivity contribution >= 4 is 27.7 Å². The molecule has 2 saturated carbocycles. The topological polar surface area (TPSA) is 220 Å². The van der Waals surface area contributed by atoms with Crippen LogP contribution < -0.4 is 20.1 Å². The van der Waals surface area contributed by atoms with Gasteiger partial charge in [0.15, 0.2) is 0 Å². The maximum absolute atomic E-state index is 13.1. The second-order valence-electron chi connectivity index (χ2n) is 12.8. The number of urea groups is 1. The van der Waals surface area contributed by atoms with E-state index in [1.165, 1.54) is 18.2 Å². The number of hydrogen-bond donors (Lipinski definition) is 8. The number of para-hydroxylation sites is 1. The molecule has 0 aliphatic heterocycles. The first-order valence-corrected chi connectivity index (χ1v) is 18.8. The number of halogens is 1. The minimum Gasteiger partial charge on any atom is -0.490 e. The highest BCUT2D eigenvalue weighted by Crippen LogP contribution is 2.53. The number of nitrogens with zero attached hydrogens (tertiary/aromatic N) is 1. The lowest BCUT2D eigenvalue weighted by Gasteiger charge is -2.25. The summed E-state index contributed by atoms with van der Waals surface area (Å²) in [4.78, 5) is 16.4. The van der Waals surface area contributed by atoms with Crippen LogP contribution in [0.3, 0.4) is 0 Å². The summed E-state index contributed by atoms with van der Waals surface area (Å²) < 4.78 is 41.5. The summed E-state index contributed by atoms with van der Waals surface area (Å²) in [6.45, 7) is -0.848. The van der Waals surface area contributed by atoms with Gasteiger partial charge in [0.25, 0.3) is 0 Å². The Balaban J connectivity index is 1.10. The highest BCUT2D eigenvalue weighted by atomic mass is 35.5. The van der Waals surface area contributed by atoms with Crippen LogP contribution in [0.25, 0.3) is 11.1 Å². The molecule has 0 unspecified atom stereocenters. The maximum atomic E-state index is 13.1. The van der Waals surface area contributed by atoms with Crippen molar-refractivity contribution in [1.82, 2.24) is 20.3 Å². The number of pyridine rings is 1. The second-order valence-corrected chi connectivity index (χ2v) is 15.0. The normalized spacial score (nSPS) is 17.6. The van der Waals surface area contributed by atoms with Crippen molar-refractivity contribution in [2.45, 2.75) is 86.1 Å². The minimum absolute atomic E-state index is 0.0402. The van der Waals surface area contributed by atoms with Gasteiger partial charge in [0.2, 0.25) is 10.0 Å². The Hall–Kier alpha value is -3.38. The van der Waals surface area contributed by atoms with E-state index in [0.717, 1.165) is 48.1 Å². The van der Waals surface area contributed by atoms with Crippen molar-refractivity contribution in [3.05, 3.63) is 77.1 Å². The first kappa shape index (κ1) is 38.8. The van der Waals surface area contributed by atoms with E-state index >= 15 is 0 Å². The first-order valence-electron chi connectivity index (χ1n) is 16.9. The molecule has 3 aromatic rings. The van der Waals surface area contributed by atoms with Crippen LogP contribution in [0.15, 0.2) is 65.8 Å². The molecule has 2 aliphatic carbocycles. The summed E-state index contributed by atoms with van der Waals surface area (Å²) in [5, 5.41) is 52.8. The number of aliphatic hydroxyl groups is 5. The second kappa shape index (κ2) is 17.4. The summed E-state index contributed by atoms with van der Waals surface area (Å²) in [5.74, 6) is 0.822. The first-order chi connectivity index (χ1) is 24.4. The Labute approximate surface area is 301 Å². The fourth-order valence-corrected chi connectivity index (χ4v) is 6.78. The third-order valence-corrected chi connectivity index (χ3v) is 10.6. The highest BCUT2D eigenvalue weighted by molar-refractivity contribution is 7.89. The average Bonchev–Trinajstić information content (AvgIpc) is 4.08. The third kappa shape index (κ3) is 10.4. The molecule has 4 atom stereocenters. The molecule has 2 aromatic carbocycles. The van der Waals surface area contributed by atoms with Crippen molar-refractivity contribution in [3.8, 4) is 16.9 Å². The van der Waals surface area contributed by atoms with Crippen LogP contribution in [0.2, 0.25) is 5.02 Å². The van der Waals surface area contributed by atoms with E-state index in [9.17, 15) is 33.6 Å². The molecule has 1 aromatic heterocycles. The number of carbonyl (C=O) groups excluding carboxylic acids is 1. The Bertz CT molecular complexity index is 1740. The lowest BCUT2D eigenvalue weighted by Crippen LogP contribution is -2.50. The van der Waals surface area contributed by atoms with Crippen LogP contribution in [0.5, 0.6) is 5.75 Å². The zero-order valence-electron chi connectivity index (χ0n) is 27.9. The number of nitrogens with one attached hydrogen (secondary N) is 3.